The minimum absolute atomic E-state index is 0.00904. The maximum absolute atomic E-state index is 13.1. The molecule has 2 saturated heterocycles. The fraction of sp³-hybridized carbons (Fsp3) is 0.680. The summed E-state index contributed by atoms with van der Waals surface area (Å²) in [5.74, 6) is 1.06. The van der Waals surface area contributed by atoms with Gasteiger partial charge in [-0.25, -0.2) is 0 Å². The largest absolute Gasteiger partial charge is 0.486 e. The zero-order chi connectivity index (χ0) is 22.0. The highest BCUT2D eigenvalue weighted by molar-refractivity contribution is 6.00. The van der Waals surface area contributed by atoms with E-state index < -0.39 is 0 Å². The third-order valence-electron chi connectivity index (χ3n) is 7.74. The quantitative estimate of drug-likeness (QED) is 0.760. The molecule has 174 valence electrons. The van der Waals surface area contributed by atoms with E-state index in [0.717, 1.165) is 18.8 Å². The Hall–Kier alpha value is -2.28. The molecule has 32 heavy (non-hydrogen) atoms. The summed E-state index contributed by atoms with van der Waals surface area (Å²) in [6.07, 6.45) is 10.2. The predicted octanol–water partition coefficient (Wildman–Crippen LogP) is 3.12. The summed E-state index contributed by atoms with van der Waals surface area (Å²) in [6, 6.07) is 5.56. The molecule has 1 aromatic rings. The molecule has 0 radical (unpaired) electrons. The topological polar surface area (TPSA) is 71.1 Å². The molecule has 5 rings (SSSR count). The van der Waals surface area contributed by atoms with Crippen LogP contribution in [0.2, 0.25) is 0 Å². The molecule has 4 aliphatic rings. The van der Waals surface area contributed by atoms with Crippen molar-refractivity contribution in [2.75, 3.05) is 44.3 Å². The zero-order valence-electron chi connectivity index (χ0n) is 18.9. The normalized spacial score (nSPS) is 25.6. The Bertz CT molecular complexity index is 846. The molecule has 3 heterocycles. The summed E-state index contributed by atoms with van der Waals surface area (Å²) < 4.78 is 11.2. The Kier molecular flexibility index (Phi) is 6.26. The first kappa shape index (κ1) is 21.6. The van der Waals surface area contributed by atoms with Crippen LogP contribution in [-0.4, -0.2) is 61.6 Å². The van der Waals surface area contributed by atoms with Crippen LogP contribution < -0.4 is 19.7 Å². The number of fused-ring (bicyclic) bond motifs is 1. The number of hydrogen-bond donors (Lipinski definition) is 1. The Balaban J connectivity index is 1.22. The summed E-state index contributed by atoms with van der Waals surface area (Å²) >= 11 is 0. The third-order valence-corrected chi connectivity index (χ3v) is 7.74. The van der Waals surface area contributed by atoms with Crippen molar-refractivity contribution in [2.45, 2.75) is 63.3 Å². The highest BCUT2D eigenvalue weighted by Crippen LogP contribution is 2.37. The Morgan fingerprint density at radius 1 is 1.00 bits per heavy atom. The van der Waals surface area contributed by atoms with Gasteiger partial charge in [-0.15, -0.1) is 0 Å². The number of benzene rings is 1. The molecule has 0 aromatic heterocycles. The number of piperidine rings is 1. The second kappa shape index (κ2) is 9.30. The van der Waals surface area contributed by atoms with Crippen LogP contribution >= 0.6 is 0 Å². The van der Waals surface area contributed by atoms with Crippen molar-refractivity contribution in [1.82, 2.24) is 10.2 Å². The van der Waals surface area contributed by atoms with E-state index in [1.807, 2.05) is 18.2 Å². The molecule has 7 nitrogen and oxygen atoms in total. The van der Waals surface area contributed by atoms with Crippen LogP contribution in [0.1, 0.15) is 57.8 Å². The van der Waals surface area contributed by atoms with Gasteiger partial charge in [0.25, 0.3) is 0 Å². The van der Waals surface area contributed by atoms with Crippen molar-refractivity contribution >= 4 is 17.5 Å². The Labute approximate surface area is 190 Å². The van der Waals surface area contributed by atoms with Crippen molar-refractivity contribution in [3.63, 3.8) is 0 Å². The molecule has 1 atom stereocenters. The standard InChI is InChI=1S/C25H35N3O4/c29-23-15-19(17-28(23)20-7-8-21-22(16-20)32-14-13-31-21)24(30)26-18-25(9-3-1-4-10-25)27-11-5-2-6-12-27/h7-8,16,19H,1-6,9-15,17-18H2,(H,26,30)/t19-/m1/s1. The van der Waals surface area contributed by atoms with Gasteiger partial charge in [0.15, 0.2) is 11.5 Å². The van der Waals surface area contributed by atoms with Crippen molar-refractivity contribution < 1.29 is 19.1 Å². The van der Waals surface area contributed by atoms with Gasteiger partial charge in [-0.05, 0) is 50.9 Å². The van der Waals surface area contributed by atoms with Gasteiger partial charge in [0, 0.05) is 36.8 Å². The number of likely N-dealkylation sites (tertiary alicyclic amines) is 1. The summed E-state index contributed by atoms with van der Waals surface area (Å²) in [5.41, 5.74) is 0.874. The second-order valence-corrected chi connectivity index (χ2v) is 9.78. The number of nitrogens with zero attached hydrogens (tertiary/aromatic N) is 2. The van der Waals surface area contributed by atoms with E-state index >= 15 is 0 Å². The van der Waals surface area contributed by atoms with Gasteiger partial charge in [-0.2, -0.15) is 0 Å². The lowest BCUT2D eigenvalue weighted by Crippen LogP contribution is -2.58. The Morgan fingerprint density at radius 2 is 1.72 bits per heavy atom. The third kappa shape index (κ3) is 4.32. The van der Waals surface area contributed by atoms with E-state index in [4.69, 9.17) is 9.47 Å². The summed E-state index contributed by atoms with van der Waals surface area (Å²) in [5, 5.41) is 3.27. The minimum Gasteiger partial charge on any atom is -0.486 e. The molecule has 3 fully saturated rings. The number of carbonyl (C=O) groups is 2. The highest BCUT2D eigenvalue weighted by Gasteiger charge is 2.40. The SMILES string of the molecule is O=C(NCC1(N2CCCCC2)CCCCC1)[C@@H]1CC(=O)N(c2ccc3c(c2)OCCO3)C1. The van der Waals surface area contributed by atoms with Crippen molar-refractivity contribution in [3.8, 4) is 11.5 Å². The number of nitrogens with one attached hydrogen (secondary N) is 1. The molecule has 0 spiro atoms. The van der Waals surface area contributed by atoms with E-state index in [-0.39, 0.29) is 29.7 Å². The van der Waals surface area contributed by atoms with E-state index in [9.17, 15) is 9.59 Å². The number of anilines is 1. The molecule has 1 saturated carbocycles. The van der Waals surface area contributed by atoms with Crippen LogP contribution in [-0.2, 0) is 9.59 Å². The predicted molar refractivity (Wildman–Crippen MR) is 122 cm³/mol. The maximum atomic E-state index is 13.1. The van der Waals surface area contributed by atoms with E-state index in [1.54, 1.807) is 4.90 Å². The number of carbonyl (C=O) groups excluding carboxylic acids is 2. The van der Waals surface area contributed by atoms with Gasteiger partial charge in [0.1, 0.15) is 13.2 Å². The van der Waals surface area contributed by atoms with Crippen LogP contribution in [0.4, 0.5) is 5.69 Å². The summed E-state index contributed by atoms with van der Waals surface area (Å²) in [4.78, 5) is 30.2. The van der Waals surface area contributed by atoms with Crippen LogP contribution in [0.15, 0.2) is 18.2 Å². The lowest BCUT2D eigenvalue weighted by Gasteiger charge is -2.48. The van der Waals surface area contributed by atoms with Gasteiger partial charge in [0.2, 0.25) is 11.8 Å². The molecule has 1 N–H and O–H groups in total. The summed E-state index contributed by atoms with van der Waals surface area (Å²) in [6.45, 7) is 4.47. The molecule has 0 unspecified atom stereocenters. The molecule has 2 amide bonds. The van der Waals surface area contributed by atoms with Crippen molar-refractivity contribution in [1.29, 1.82) is 0 Å². The average molecular weight is 442 g/mol. The average Bonchev–Trinajstić information content (AvgIpc) is 3.25. The van der Waals surface area contributed by atoms with Crippen LogP contribution in [0.3, 0.4) is 0 Å². The van der Waals surface area contributed by atoms with Gasteiger partial charge in [-0.3, -0.25) is 14.5 Å². The first-order valence-electron chi connectivity index (χ1n) is 12.4. The molecule has 3 aliphatic heterocycles. The molecule has 1 aliphatic carbocycles. The smallest absolute Gasteiger partial charge is 0.227 e. The van der Waals surface area contributed by atoms with E-state index in [0.29, 0.717) is 37.8 Å². The molecular formula is C25H35N3O4. The van der Waals surface area contributed by atoms with Gasteiger partial charge < -0.3 is 19.7 Å². The van der Waals surface area contributed by atoms with Gasteiger partial charge >= 0.3 is 0 Å². The first-order valence-corrected chi connectivity index (χ1v) is 12.4. The monoisotopic (exact) mass is 441 g/mol. The van der Waals surface area contributed by atoms with Crippen LogP contribution in [0.25, 0.3) is 0 Å². The lowest BCUT2D eigenvalue weighted by molar-refractivity contribution is -0.127. The number of ether oxygens (including phenoxy) is 2. The van der Waals surface area contributed by atoms with Crippen LogP contribution in [0, 0.1) is 5.92 Å². The number of rotatable bonds is 5. The second-order valence-electron chi connectivity index (χ2n) is 9.78. The fourth-order valence-electron chi connectivity index (χ4n) is 5.91. The molecule has 0 bridgehead atoms. The minimum atomic E-state index is -0.308. The van der Waals surface area contributed by atoms with Gasteiger partial charge in [0.05, 0.1) is 5.92 Å². The van der Waals surface area contributed by atoms with E-state index in [2.05, 4.69) is 10.2 Å². The highest BCUT2D eigenvalue weighted by atomic mass is 16.6. The Morgan fingerprint density at radius 3 is 2.50 bits per heavy atom. The van der Waals surface area contributed by atoms with Crippen LogP contribution in [0.5, 0.6) is 11.5 Å². The van der Waals surface area contributed by atoms with Gasteiger partial charge in [-0.1, -0.05) is 25.7 Å². The lowest BCUT2D eigenvalue weighted by atomic mass is 9.79. The first-order chi connectivity index (χ1) is 15.6. The number of amides is 2. The van der Waals surface area contributed by atoms with Crippen molar-refractivity contribution in [2.24, 2.45) is 5.92 Å². The zero-order valence-corrected chi connectivity index (χ0v) is 18.9. The summed E-state index contributed by atoms with van der Waals surface area (Å²) in [7, 11) is 0. The number of hydrogen-bond acceptors (Lipinski definition) is 5. The van der Waals surface area contributed by atoms with E-state index in [1.165, 1.54) is 51.4 Å². The molecule has 1 aromatic carbocycles. The fourth-order valence-corrected chi connectivity index (χ4v) is 5.91. The van der Waals surface area contributed by atoms with Crippen molar-refractivity contribution in [3.05, 3.63) is 18.2 Å². The molecular weight excluding hydrogens is 406 g/mol. The molecule has 7 heteroatoms. The maximum Gasteiger partial charge on any atom is 0.227 e.